The number of fused-ring (bicyclic) bond motifs is 1. The van der Waals surface area contributed by atoms with E-state index in [0.717, 1.165) is 10.7 Å². The summed E-state index contributed by atoms with van der Waals surface area (Å²) in [4.78, 5) is 14.9. The number of aromatic nitrogens is 4. The van der Waals surface area contributed by atoms with E-state index in [0.29, 0.717) is 5.65 Å². The molecule has 0 saturated heterocycles. The van der Waals surface area contributed by atoms with Crippen molar-refractivity contribution in [1.29, 1.82) is 0 Å². The first-order chi connectivity index (χ1) is 5.40. The summed E-state index contributed by atoms with van der Waals surface area (Å²) >= 11 is 1.31. The second-order valence-corrected chi connectivity index (χ2v) is 2.62. The largest absolute Gasteiger partial charge is 0.330 e. The molecule has 2 heterocycles. The third kappa shape index (κ3) is 1.07. The van der Waals surface area contributed by atoms with Gasteiger partial charge < -0.3 is 4.98 Å². The Hall–Kier alpha value is -1.10. The van der Waals surface area contributed by atoms with Gasteiger partial charge in [0, 0.05) is 6.26 Å². The molecule has 2 aromatic heterocycles. The van der Waals surface area contributed by atoms with Gasteiger partial charge in [-0.25, -0.2) is 15.0 Å². The van der Waals surface area contributed by atoms with Crippen molar-refractivity contribution in [2.24, 2.45) is 0 Å². The summed E-state index contributed by atoms with van der Waals surface area (Å²) in [6.07, 6.45) is 6.79. The van der Waals surface area contributed by atoms with Crippen molar-refractivity contribution < 1.29 is 0 Å². The monoisotopic (exact) mass is 165 g/mol. The Morgan fingerprint density at radius 3 is 3.18 bits per heavy atom. The van der Waals surface area contributed by atoms with Crippen molar-refractivity contribution in [1.82, 2.24) is 19.9 Å². The smallest absolute Gasteiger partial charge is 0.181 e. The standard InChI is InChI=1S/C6H5N4S/c1-11-6-9-4-2-7-3-8-5(4)10-6/h2-3H,1H2,(H,7,8,9,10). The third-order valence-corrected chi connectivity index (χ3v) is 1.74. The zero-order valence-corrected chi connectivity index (χ0v) is 6.43. The molecule has 0 bridgehead atoms. The summed E-state index contributed by atoms with van der Waals surface area (Å²) < 4.78 is 0. The molecule has 0 aliphatic heterocycles. The van der Waals surface area contributed by atoms with Crippen molar-refractivity contribution in [2.75, 3.05) is 0 Å². The fourth-order valence-corrected chi connectivity index (χ4v) is 1.14. The SMILES string of the molecule is [CH2]Sc1nc2ncncc2[nH]1. The highest BCUT2D eigenvalue weighted by Crippen LogP contribution is 2.14. The first-order valence-electron chi connectivity index (χ1n) is 2.98. The predicted molar refractivity (Wildman–Crippen MR) is 42.9 cm³/mol. The highest BCUT2D eigenvalue weighted by atomic mass is 32.2. The van der Waals surface area contributed by atoms with Crippen LogP contribution in [0.2, 0.25) is 0 Å². The van der Waals surface area contributed by atoms with Crippen LogP contribution in [-0.4, -0.2) is 19.9 Å². The van der Waals surface area contributed by atoms with Crippen molar-refractivity contribution in [3.63, 3.8) is 0 Å². The van der Waals surface area contributed by atoms with Gasteiger partial charge in [-0.1, -0.05) is 11.8 Å². The maximum absolute atomic E-state index is 4.12. The highest BCUT2D eigenvalue weighted by Gasteiger charge is 2.00. The van der Waals surface area contributed by atoms with Crippen LogP contribution in [0.25, 0.3) is 11.2 Å². The maximum Gasteiger partial charge on any atom is 0.181 e. The fraction of sp³-hybridized carbons (Fsp3) is 0. The summed E-state index contributed by atoms with van der Waals surface area (Å²) in [5, 5.41) is 0.764. The Balaban J connectivity index is 2.69. The maximum atomic E-state index is 4.12. The molecule has 0 amide bonds. The molecule has 0 aromatic carbocycles. The van der Waals surface area contributed by atoms with Crippen LogP contribution in [0.1, 0.15) is 0 Å². The van der Waals surface area contributed by atoms with Gasteiger partial charge in [-0.3, -0.25) is 0 Å². The minimum atomic E-state index is 0.686. The van der Waals surface area contributed by atoms with Gasteiger partial charge in [-0.05, 0) is 0 Å². The molecule has 4 nitrogen and oxygen atoms in total. The number of H-pyrrole nitrogens is 1. The van der Waals surface area contributed by atoms with E-state index in [1.54, 1.807) is 6.20 Å². The minimum Gasteiger partial charge on any atom is -0.330 e. The quantitative estimate of drug-likeness (QED) is 0.646. The Labute approximate surface area is 67.5 Å². The summed E-state index contributed by atoms with van der Waals surface area (Å²) in [6.45, 7) is 0. The topological polar surface area (TPSA) is 54.5 Å². The van der Waals surface area contributed by atoms with Gasteiger partial charge in [0.05, 0.1) is 6.20 Å². The van der Waals surface area contributed by atoms with E-state index in [2.05, 4.69) is 26.2 Å². The van der Waals surface area contributed by atoms with Crippen molar-refractivity contribution in [2.45, 2.75) is 5.16 Å². The summed E-state index contributed by atoms with van der Waals surface area (Å²) in [5.41, 5.74) is 1.53. The molecule has 0 spiro atoms. The van der Waals surface area contributed by atoms with Gasteiger partial charge in [-0.15, -0.1) is 0 Å². The van der Waals surface area contributed by atoms with Gasteiger partial charge in [0.25, 0.3) is 0 Å². The van der Waals surface area contributed by atoms with E-state index in [4.69, 9.17) is 0 Å². The number of hydrogen-bond donors (Lipinski definition) is 1. The summed E-state index contributed by atoms with van der Waals surface area (Å²) in [6, 6.07) is 0. The highest BCUT2D eigenvalue weighted by molar-refractivity contribution is 8.00. The molecule has 55 valence electrons. The molecular weight excluding hydrogens is 160 g/mol. The average Bonchev–Trinajstić information content (AvgIpc) is 2.46. The zero-order valence-electron chi connectivity index (χ0n) is 5.61. The molecule has 2 rings (SSSR count). The number of nitrogens with zero attached hydrogens (tertiary/aromatic N) is 3. The number of thioether (sulfide) groups is 1. The Morgan fingerprint density at radius 1 is 1.55 bits per heavy atom. The average molecular weight is 165 g/mol. The second kappa shape index (κ2) is 2.50. The molecule has 0 atom stereocenters. The van der Waals surface area contributed by atoms with Crippen LogP contribution in [-0.2, 0) is 0 Å². The van der Waals surface area contributed by atoms with Crippen LogP contribution in [0.15, 0.2) is 17.7 Å². The first kappa shape index (κ1) is 6.60. The lowest BCUT2D eigenvalue weighted by molar-refractivity contribution is 1.08. The van der Waals surface area contributed by atoms with Gasteiger partial charge in [0.2, 0.25) is 0 Å². The molecule has 0 aliphatic rings. The van der Waals surface area contributed by atoms with E-state index in [9.17, 15) is 0 Å². The molecule has 2 aromatic rings. The van der Waals surface area contributed by atoms with E-state index in [-0.39, 0.29) is 0 Å². The third-order valence-electron chi connectivity index (χ3n) is 1.28. The summed E-state index contributed by atoms with van der Waals surface area (Å²) in [5.74, 6) is 0. The van der Waals surface area contributed by atoms with Crippen LogP contribution in [0, 0.1) is 6.26 Å². The van der Waals surface area contributed by atoms with Crippen LogP contribution in [0.3, 0.4) is 0 Å². The van der Waals surface area contributed by atoms with E-state index in [1.165, 1.54) is 18.1 Å². The van der Waals surface area contributed by atoms with Crippen LogP contribution < -0.4 is 0 Å². The molecule has 0 fully saturated rings. The van der Waals surface area contributed by atoms with E-state index in [1.807, 2.05) is 0 Å². The second-order valence-electron chi connectivity index (χ2n) is 1.95. The molecule has 1 N–H and O–H groups in total. The zero-order chi connectivity index (χ0) is 7.68. The predicted octanol–water partition coefficient (Wildman–Crippen LogP) is 1.24. The van der Waals surface area contributed by atoms with E-state index < -0.39 is 0 Å². The molecule has 1 radical (unpaired) electrons. The molecule has 11 heavy (non-hydrogen) atoms. The van der Waals surface area contributed by atoms with Gasteiger partial charge >= 0.3 is 0 Å². The number of imidazole rings is 1. The normalized spacial score (nSPS) is 10.6. The van der Waals surface area contributed by atoms with Crippen LogP contribution >= 0.6 is 11.8 Å². The number of hydrogen-bond acceptors (Lipinski definition) is 4. The van der Waals surface area contributed by atoms with Crippen LogP contribution in [0.4, 0.5) is 0 Å². The number of nitrogens with one attached hydrogen (secondary N) is 1. The van der Waals surface area contributed by atoms with E-state index >= 15 is 0 Å². The Bertz CT molecular complexity index is 336. The number of rotatable bonds is 1. The lowest BCUT2D eigenvalue weighted by Gasteiger charge is -1.80. The lowest BCUT2D eigenvalue weighted by atomic mass is 10.6. The lowest BCUT2D eigenvalue weighted by Crippen LogP contribution is -1.76. The Morgan fingerprint density at radius 2 is 2.45 bits per heavy atom. The van der Waals surface area contributed by atoms with Crippen molar-refractivity contribution >= 4 is 22.9 Å². The Kier molecular flexibility index (Phi) is 1.50. The minimum absolute atomic E-state index is 0.686. The van der Waals surface area contributed by atoms with Gasteiger partial charge in [0.1, 0.15) is 11.8 Å². The molecule has 0 aliphatic carbocycles. The van der Waals surface area contributed by atoms with Gasteiger partial charge in [0.15, 0.2) is 10.8 Å². The van der Waals surface area contributed by atoms with Crippen LogP contribution in [0.5, 0.6) is 0 Å². The summed E-state index contributed by atoms with van der Waals surface area (Å²) in [7, 11) is 0. The molecule has 0 unspecified atom stereocenters. The van der Waals surface area contributed by atoms with Crippen molar-refractivity contribution in [3.05, 3.63) is 18.8 Å². The first-order valence-corrected chi connectivity index (χ1v) is 3.96. The fourth-order valence-electron chi connectivity index (χ4n) is 0.808. The number of aromatic amines is 1. The van der Waals surface area contributed by atoms with Crippen molar-refractivity contribution in [3.8, 4) is 0 Å². The molecule has 0 saturated carbocycles. The van der Waals surface area contributed by atoms with Gasteiger partial charge in [-0.2, -0.15) is 0 Å². The molecule has 5 heteroatoms. The molecular formula is C6H5N4S.